The number of H-pyrrole nitrogens is 1. The van der Waals surface area contributed by atoms with Gasteiger partial charge in [0, 0.05) is 12.1 Å². The number of hydrogen-bond acceptors (Lipinski definition) is 4. The van der Waals surface area contributed by atoms with E-state index in [2.05, 4.69) is 15.5 Å². The van der Waals surface area contributed by atoms with E-state index in [1.54, 1.807) is 0 Å². The maximum absolute atomic E-state index is 12.5. The molecule has 0 aliphatic rings. The van der Waals surface area contributed by atoms with Gasteiger partial charge in [0.2, 0.25) is 0 Å². The molecular formula is C20H18F3N3O3. The van der Waals surface area contributed by atoms with Crippen molar-refractivity contribution in [2.75, 3.05) is 13.2 Å². The van der Waals surface area contributed by atoms with E-state index in [9.17, 15) is 23.1 Å². The Hall–Kier alpha value is -3.33. The van der Waals surface area contributed by atoms with Crippen LogP contribution in [0.3, 0.4) is 0 Å². The van der Waals surface area contributed by atoms with Crippen molar-refractivity contribution < 1.29 is 27.8 Å². The van der Waals surface area contributed by atoms with Crippen LogP contribution in [0.1, 0.15) is 15.9 Å². The molecule has 29 heavy (non-hydrogen) atoms. The van der Waals surface area contributed by atoms with Crippen molar-refractivity contribution in [1.29, 1.82) is 0 Å². The highest BCUT2D eigenvalue weighted by Gasteiger charge is 2.30. The maximum atomic E-state index is 12.5. The molecule has 0 fully saturated rings. The summed E-state index contributed by atoms with van der Waals surface area (Å²) < 4.78 is 42.9. The van der Waals surface area contributed by atoms with Gasteiger partial charge in [0.1, 0.15) is 18.5 Å². The molecule has 1 aromatic heterocycles. The van der Waals surface area contributed by atoms with E-state index >= 15 is 0 Å². The average Bonchev–Trinajstić information content (AvgIpc) is 3.21. The van der Waals surface area contributed by atoms with Gasteiger partial charge >= 0.3 is 6.18 Å². The van der Waals surface area contributed by atoms with Gasteiger partial charge in [-0.25, -0.2) is 0 Å². The minimum atomic E-state index is -4.42. The Bertz CT molecular complexity index is 941. The van der Waals surface area contributed by atoms with Crippen molar-refractivity contribution >= 4 is 5.91 Å². The summed E-state index contributed by atoms with van der Waals surface area (Å²) in [5.74, 6) is -0.240. The van der Waals surface area contributed by atoms with Gasteiger partial charge in [-0.15, -0.1) is 0 Å². The topological polar surface area (TPSA) is 87.2 Å². The lowest BCUT2D eigenvalue weighted by molar-refractivity contribution is -0.137. The van der Waals surface area contributed by atoms with E-state index in [4.69, 9.17) is 4.74 Å². The number of aromatic amines is 1. The number of alkyl halides is 3. The van der Waals surface area contributed by atoms with Gasteiger partial charge in [-0.3, -0.25) is 9.89 Å². The van der Waals surface area contributed by atoms with E-state index in [1.807, 2.05) is 30.3 Å². The van der Waals surface area contributed by atoms with Gasteiger partial charge in [-0.2, -0.15) is 18.3 Å². The normalized spacial score (nSPS) is 12.4. The SMILES string of the molecule is O=C(NCC(O)COc1ccc(C(F)(F)F)cc1)c1cn[nH]c1-c1ccccc1. The highest BCUT2D eigenvalue weighted by atomic mass is 19.4. The number of nitrogens with zero attached hydrogens (tertiary/aromatic N) is 1. The zero-order valence-electron chi connectivity index (χ0n) is 15.1. The minimum Gasteiger partial charge on any atom is -0.491 e. The second kappa shape index (κ2) is 8.78. The zero-order chi connectivity index (χ0) is 20.9. The van der Waals surface area contributed by atoms with Crippen LogP contribution < -0.4 is 10.1 Å². The number of benzene rings is 2. The van der Waals surface area contributed by atoms with E-state index in [1.165, 1.54) is 18.3 Å². The summed E-state index contributed by atoms with van der Waals surface area (Å²) in [6.45, 7) is -0.290. The largest absolute Gasteiger partial charge is 0.491 e. The summed E-state index contributed by atoms with van der Waals surface area (Å²) in [6.07, 6.45) is -4.08. The predicted molar refractivity (Wildman–Crippen MR) is 99.3 cm³/mol. The number of halogens is 3. The maximum Gasteiger partial charge on any atom is 0.416 e. The number of aromatic nitrogens is 2. The van der Waals surface area contributed by atoms with Gasteiger partial charge in [0.15, 0.2) is 0 Å². The Balaban J connectivity index is 1.51. The molecule has 0 spiro atoms. The van der Waals surface area contributed by atoms with Crippen molar-refractivity contribution in [1.82, 2.24) is 15.5 Å². The van der Waals surface area contributed by atoms with Crippen LogP contribution in [0.4, 0.5) is 13.2 Å². The first kappa shape index (κ1) is 20.4. The second-order valence-electron chi connectivity index (χ2n) is 6.22. The van der Waals surface area contributed by atoms with Gasteiger partial charge in [-0.05, 0) is 24.3 Å². The summed E-state index contributed by atoms with van der Waals surface area (Å²) in [7, 11) is 0. The van der Waals surface area contributed by atoms with Crippen LogP contribution in [0.2, 0.25) is 0 Å². The average molecular weight is 405 g/mol. The molecule has 1 amide bonds. The molecule has 152 valence electrons. The molecule has 0 aliphatic carbocycles. The van der Waals surface area contributed by atoms with Crippen LogP contribution in [0, 0.1) is 0 Å². The van der Waals surface area contributed by atoms with Crippen molar-refractivity contribution in [2.45, 2.75) is 12.3 Å². The molecule has 3 rings (SSSR count). The molecule has 1 heterocycles. The van der Waals surface area contributed by atoms with E-state index in [0.717, 1.165) is 17.7 Å². The Morgan fingerprint density at radius 2 is 1.83 bits per heavy atom. The third-order valence-electron chi connectivity index (χ3n) is 4.07. The van der Waals surface area contributed by atoms with Crippen LogP contribution in [-0.2, 0) is 6.18 Å². The molecule has 0 saturated carbocycles. The third-order valence-corrected chi connectivity index (χ3v) is 4.07. The molecule has 9 heteroatoms. The van der Waals surface area contributed by atoms with Crippen molar-refractivity contribution in [3.8, 4) is 17.0 Å². The molecule has 0 aliphatic heterocycles. The first-order valence-electron chi connectivity index (χ1n) is 8.69. The fourth-order valence-electron chi connectivity index (χ4n) is 2.58. The number of aliphatic hydroxyl groups excluding tert-OH is 1. The van der Waals surface area contributed by atoms with Crippen LogP contribution in [-0.4, -0.2) is 40.5 Å². The van der Waals surface area contributed by atoms with Crippen LogP contribution in [0.5, 0.6) is 5.75 Å². The molecule has 0 bridgehead atoms. The summed E-state index contributed by atoms with van der Waals surface area (Å²) in [5, 5.41) is 19.2. The lowest BCUT2D eigenvalue weighted by atomic mass is 10.1. The summed E-state index contributed by atoms with van der Waals surface area (Å²) in [5.41, 5.74) is 0.888. The monoisotopic (exact) mass is 405 g/mol. The molecule has 3 N–H and O–H groups in total. The number of hydrogen-bond donors (Lipinski definition) is 3. The molecule has 0 saturated heterocycles. The third kappa shape index (κ3) is 5.35. The van der Waals surface area contributed by atoms with E-state index in [0.29, 0.717) is 11.3 Å². The van der Waals surface area contributed by atoms with E-state index in [-0.39, 0.29) is 18.9 Å². The number of aliphatic hydroxyl groups is 1. The summed E-state index contributed by atoms with van der Waals surface area (Å²) >= 11 is 0. The second-order valence-corrected chi connectivity index (χ2v) is 6.22. The fourth-order valence-corrected chi connectivity index (χ4v) is 2.58. The number of nitrogens with one attached hydrogen (secondary N) is 2. The standard InChI is InChI=1S/C20H18F3N3O3/c21-20(22,23)14-6-8-16(9-7-14)29-12-15(27)10-24-19(28)17-11-25-26-18(17)13-4-2-1-3-5-13/h1-9,11,15,27H,10,12H2,(H,24,28)(H,25,26). The first-order chi connectivity index (χ1) is 13.8. The smallest absolute Gasteiger partial charge is 0.416 e. The quantitative estimate of drug-likeness (QED) is 0.563. The molecule has 0 radical (unpaired) electrons. The van der Waals surface area contributed by atoms with Gasteiger partial charge < -0.3 is 15.2 Å². The Morgan fingerprint density at radius 3 is 2.48 bits per heavy atom. The van der Waals surface area contributed by atoms with Gasteiger partial charge in [0.05, 0.1) is 23.0 Å². The summed E-state index contributed by atoms with van der Waals surface area (Å²) in [4.78, 5) is 12.4. The minimum absolute atomic E-state index is 0.0983. The van der Waals surface area contributed by atoms with Crippen molar-refractivity contribution in [3.05, 3.63) is 71.9 Å². The Kier molecular flexibility index (Phi) is 6.18. The molecule has 3 aromatic rings. The van der Waals surface area contributed by atoms with Crippen molar-refractivity contribution in [2.24, 2.45) is 0 Å². The Labute approximate surface area is 164 Å². The number of ether oxygens (including phenoxy) is 1. The summed E-state index contributed by atoms with van der Waals surface area (Å²) in [6, 6.07) is 13.3. The molecule has 1 atom stereocenters. The van der Waals surface area contributed by atoms with E-state index < -0.39 is 23.8 Å². The molecule has 1 unspecified atom stereocenters. The number of carbonyl (C=O) groups is 1. The zero-order valence-corrected chi connectivity index (χ0v) is 15.1. The number of rotatable bonds is 7. The van der Waals surface area contributed by atoms with Crippen LogP contribution in [0.15, 0.2) is 60.8 Å². The molecular weight excluding hydrogens is 387 g/mol. The highest BCUT2D eigenvalue weighted by Crippen LogP contribution is 2.30. The highest BCUT2D eigenvalue weighted by molar-refractivity contribution is 5.99. The van der Waals surface area contributed by atoms with Gasteiger partial charge in [-0.1, -0.05) is 30.3 Å². The van der Waals surface area contributed by atoms with Gasteiger partial charge in [0.25, 0.3) is 5.91 Å². The lowest BCUT2D eigenvalue weighted by Crippen LogP contribution is -2.35. The van der Waals surface area contributed by atoms with Crippen LogP contribution >= 0.6 is 0 Å². The molecule has 2 aromatic carbocycles. The van der Waals surface area contributed by atoms with Crippen LogP contribution in [0.25, 0.3) is 11.3 Å². The lowest BCUT2D eigenvalue weighted by Gasteiger charge is -2.14. The first-order valence-corrected chi connectivity index (χ1v) is 8.69. The number of carbonyl (C=O) groups excluding carboxylic acids is 1. The Morgan fingerprint density at radius 1 is 1.14 bits per heavy atom. The fraction of sp³-hybridized carbons (Fsp3) is 0.200. The molecule has 6 nitrogen and oxygen atoms in total. The predicted octanol–water partition coefficient (Wildman–Crippen LogP) is 3.27. The number of amides is 1. The van der Waals surface area contributed by atoms with Crippen molar-refractivity contribution in [3.63, 3.8) is 0 Å².